The standard InChI is InChI=1S/C44H53ClN6O5Si/c1-29-39-37(51(24-23-38(52)54-9)42(29)43(53)55-10)22-21-35(45)41(39)40-30(2)49(7)47-36(40)27-48(6)26-31-25-32(50(8)46-31)28-56-57(44(3,4)5,33-17-13-11-14-18-33)34-19-15-12-16-20-34/h11-22,25H,23-24,26-28H2,1-10H3. The quantitative estimate of drug-likeness (QED) is 0.0848. The molecule has 0 spiro atoms. The summed E-state index contributed by atoms with van der Waals surface area (Å²) < 4.78 is 23.0. The van der Waals surface area contributed by atoms with E-state index in [0.717, 1.165) is 44.8 Å². The Bertz CT molecular complexity index is 2360. The number of methoxy groups -OCH3 is 2. The van der Waals surface area contributed by atoms with Crippen LogP contribution in [0.1, 0.15) is 66.0 Å². The van der Waals surface area contributed by atoms with Gasteiger partial charge < -0.3 is 18.5 Å². The molecule has 0 bridgehead atoms. The minimum atomic E-state index is -2.74. The van der Waals surface area contributed by atoms with Crippen LogP contribution in [-0.4, -0.2) is 70.6 Å². The summed E-state index contributed by atoms with van der Waals surface area (Å²) in [6.07, 6.45) is 0.0877. The van der Waals surface area contributed by atoms with Gasteiger partial charge in [-0.15, -0.1) is 0 Å². The van der Waals surface area contributed by atoms with Gasteiger partial charge in [0.2, 0.25) is 0 Å². The first kappa shape index (κ1) is 41.6. The van der Waals surface area contributed by atoms with Crippen molar-refractivity contribution in [1.82, 2.24) is 29.0 Å². The molecule has 3 heterocycles. The molecule has 0 saturated heterocycles. The Balaban J connectivity index is 1.31. The number of fused-ring (bicyclic) bond motifs is 1. The van der Waals surface area contributed by atoms with Gasteiger partial charge in [0.25, 0.3) is 8.32 Å². The van der Waals surface area contributed by atoms with Gasteiger partial charge in [-0.3, -0.25) is 19.1 Å². The average molecular weight is 809 g/mol. The number of hydrogen-bond acceptors (Lipinski definition) is 8. The molecule has 0 aliphatic rings. The highest BCUT2D eigenvalue weighted by atomic mass is 35.5. The fourth-order valence-corrected chi connectivity index (χ4v) is 13.0. The van der Waals surface area contributed by atoms with E-state index in [1.807, 2.05) is 61.1 Å². The number of ether oxygens (including phenoxy) is 2. The van der Waals surface area contributed by atoms with Gasteiger partial charge in [-0.05, 0) is 60.1 Å². The minimum Gasteiger partial charge on any atom is -0.469 e. The van der Waals surface area contributed by atoms with Gasteiger partial charge in [-0.25, -0.2) is 4.79 Å². The van der Waals surface area contributed by atoms with Crippen molar-refractivity contribution in [2.24, 2.45) is 14.1 Å². The van der Waals surface area contributed by atoms with Crippen molar-refractivity contribution < 1.29 is 23.5 Å². The smallest absolute Gasteiger partial charge is 0.354 e. The highest BCUT2D eigenvalue weighted by Gasteiger charge is 2.50. The number of esters is 2. The molecule has 0 unspecified atom stereocenters. The summed E-state index contributed by atoms with van der Waals surface area (Å²) >= 11 is 7.07. The number of benzene rings is 3. The predicted molar refractivity (Wildman–Crippen MR) is 227 cm³/mol. The molecule has 3 aromatic carbocycles. The summed E-state index contributed by atoms with van der Waals surface area (Å²) in [5.74, 6) is -0.870. The van der Waals surface area contributed by atoms with E-state index in [0.29, 0.717) is 36.0 Å². The molecule has 6 aromatic rings. The van der Waals surface area contributed by atoms with Crippen LogP contribution < -0.4 is 10.4 Å². The fraction of sp³-hybridized carbons (Fsp3) is 0.364. The van der Waals surface area contributed by atoms with Crippen molar-refractivity contribution in [3.05, 3.63) is 118 Å². The van der Waals surface area contributed by atoms with Crippen molar-refractivity contribution in [2.75, 3.05) is 21.3 Å². The zero-order valence-electron chi connectivity index (χ0n) is 34.6. The number of halogens is 1. The second-order valence-electron chi connectivity index (χ2n) is 15.7. The first-order chi connectivity index (χ1) is 27.1. The van der Waals surface area contributed by atoms with Crippen LogP contribution in [0.4, 0.5) is 0 Å². The second kappa shape index (κ2) is 16.8. The van der Waals surface area contributed by atoms with E-state index in [-0.39, 0.29) is 24.0 Å². The van der Waals surface area contributed by atoms with Crippen LogP contribution in [0, 0.1) is 13.8 Å². The summed E-state index contributed by atoms with van der Waals surface area (Å²) in [4.78, 5) is 27.6. The molecular formula is C44H53ClN6O5Si. The van der Waals surface area contributed by atoms with Gasteiger partial charge >= 0.3 is 11.9 Å². The molecule has 0 fully saturated rings. The van der Waals surface area contributed by atoms with E-state index in [4.69, 9.17) is 35.7 Å². The van der Waals surface area contributed by atoms with Crippen LogP contribution in [0.25, 0.3) is 22.0 Å². The molecule has 0 radical (unpaired) electrons. The Hall–Kier alpha value is -5.01. The predicted octanol–water partition coefficient (Wildman–Crippen LogP) is 7.10. The Morgan fingerprint density at radius 3 is 2.05 bits per heavy atom. The molecular weight excluding hydrogens is 756 g/mol. The van der Waals surface area contributed by atoms with Crippen LogP contribution >= 0.6 is 11.6 Å². The number of rotatable bonds is 14. The third-order valence-electron chi connectivity index (χ3n) is 11.0. The van der Waals surface area contributed by atoms with Crippen molar-refractivity contribution in [1.29, 1.82) is 0 Å². The summed E-state index contributed by atoms with van der Waals surface area (Å²) in [5, 5.41) is 13.6. The lowest BCUT2D eigenvalue weighted by Crippen LogP contribution is -2.66. The maximum absolute atomic E-state index is 13.2. The molecule has 0 atom stereocenters. The van der Waals surface area contributed by atoms with E-state index < -0.39 is 14.3 Å². The van der Waals surface area contributed by atoms with E-state index in [1.54, 1.807) is 0 Å². The topological polar surface area (TPSA) is 106 Å². The first-order valence-electron chi connectivity index (χ1n) is 19.1. The maximum atomic E-state index is 13.2. The zero-order chi connectivity index (χ0) is 41.2. The van der Waals surface area contributed by atoms with Crippen LogP contribution in [0.5, 0.6) is 0 Å². The molecule has 0 amide bonds. The lowest BCUT2D eigenvalue weighted by molar-refractivity contribution is -0.140. The highest BCUT2D eigenvalue weighted by molar-refractivity contribution is 6.99. The lowest BCUT2D eigenvalue weighted by atomic mass is 9.96. The molecule has 300 valence electrons. The van der Waals surface area contributed by atoms with Gasteiger partial charge in [0.1, 0.15) is 5.69 Å². The van der Waals surface area contributed by atoms with Gasteiger partial charge in [0, 0.05) is 66.5 Å². The summed E-state index contributed by atoms with van der Waals surface area (Å²) in [5.41, 5.74) is 7.18. The monoisotopic (exact) mass is 808 g/mol. The summed E-state index contributed by atoms with van der Waals surface area (Å²) in [7, 11) is 5.90. The zero-order valence-corrected chi connectivity index (χ0v) is 36.4. The van der Waals surface area contributed by atoms with E-state index >= 15 is 0 Å². The summed E-state index contributed by atoms with van der Waals surface area (Å²) in [6.45, 7) is 12.5. The van der Waals surface area contributed by atoms with Crippen molar-refractivity contribution in [3.63, 3.8) is 0 Å². The largest absolute Gasteiger partial charge is 0.469 e. The molecule has 13 heteroatoms. The number of nitrogens with zero attached hydrogens (tertiary/aromatic N) is 6. The number of carbonyl (C=O) groups excluding carboxylic acids is 2. The van der Waals surface area contributed by atoms with Crippen molar-refractivity contribution in [3.8, 4) is 11.1 Å². The molecule has 0 N–H and O–H groups in total. The lowest BCUT2D eigenvalue weighted by Gasteiger charge is -2.43. The van der Waals surface area contributed by atoms with Crippen LogP contribution in [-0.2, 0) is 59.0 Å². The van der Waals surface area contributed by atoms with Gasteiger partial charge in [0.15, 0.2) is 0 Å². The van der Waals surface area contributed by atoms with Crippen molar-refractivity contribution >= 4 is 53.1 Å². The fourth-order valence-electron chi connectivity index (χ4n) is 8.18. The average Bonchev–Trinajstić information content (AvgIpc) is 3.78. The third-order valence-corrected chi connectivity index (χ3v) is 16.3. The molecule has 0 aliphatic heterocycles. The number of hydrogen-bond donors (Lipinski definition) is 0. The number of carbonyl (C=O) groups is 2. The highest BCUT2D eigenvalue weighted by Crippen LogP contribution is 2.43. The van der Waals surface area contributed by atoms with E-state index in [9.17, 15) is 9.59 Å². The molecule has 57 heavy (non-hydrogen) atoms. The summed E-state index contributed by atoms with van der Waals surface area (Å²) in [6, 6.07) is 27.2. The van der Waals surface area contributed by atoms with Crippen LogP contribution in [0.3, 0.4) is 0 Å². The molecule has 6 rings (SSSR count). The SMILES string of the molecule is COC(=O)CCn1c(C(=O)OC)c(C)c2c(-c3c(CN(C)Cc4cc(CO[Si](c5ccccc5)(c5ccccc5)C(C)(C)C)n(C)n4)nn(C)c3C)c(Cl)ccc21. The first-order valence-corrected chi connectivity index (χ1v) is 21.4. The van der Waals surface area contributed by atoms with Gasteiger partial charge in [-0.2, -0.15) is 10.2 Å². The van der Waals surface area contributed by atoms with Crippen molar-refractivity contribution in [2.45, 2.75) is 72.3 Å². The third kappa shape index (κ3) is 7.96. The molecule has 0 saturated carbocycles. The molecule has 3 aromatic heterocycles. The normalized spacial score (nSPS) is 12.1. The number of aromatic nitrogens is 5. The molecule has 11 nitrogen and oxygen atoms in total. The van der Waals surface area contributed by atoms with E-state index in [2.05, 4.69) is 92.4 Å². The van der Waals surface area contributed by atoms with Gasteiger partial charge in [0.05, 0.1) is 44.3 Å². The Kier molecular flexibility index (Phi) is 12.3. The van der Waals surface area contributed by atoms with E-state index in [1.165, 1.54) is 24.6 Å². The van der Waals surface area contributed by atoms with Gasteiger partial charge in [-0.1, -0.05) is 93.0 Å². The Morgan fingerprint density at radius 1 is 0.842 bits per heavy atom. The minimum absolute atomic E-state index is 0.0877. The number of aryl methyl sites for hydroxylation is 4. The van der Waals surface area contributed by atoms with Crippen LogP contribution in [0.2, 0.25) is 10.1 Å². The maximum Gasteiger partial charge on any atom is 0.354 e. The van der Waals surface area contributed by atoms with Crippen LogP contribution in [0.15, 0.2) is 78.9 Å². The Labute approximate surface area is 341 Å². The second-order valence-corrected chi connectivity index (χ2v) is 20.4. The Morgan fingerprint density at radius 2 is 1.47 bits per heavy atom. The molecule has 0 aliphatic carbocycles.